The van der Waals surface area contributed by atoms with Crippen LogP contribution in [0.2, 0.25) is 0 Å². The molecule has 1 saturated heterocycles. The molecule has 1 fully saturated rings. The molecule has 0 unspecified atom stereocenters. The number of fused-ring (bicyclic) bond motifs is 1. The molecule has 5 rings (SSSR count). The molecule has 0 spiro atoms. The summed E-state index contributed by atoms with van der Waals surface area (Å²) in [6.45, 7) is 5.39. The predicted molar refractivity (Wildman–Crippen MR) is 139 cm³/mol. The van der Waals surface area contributed by atoms with Crippen molar-refractivity contribution in [1.82, 2.24) is 10.2 Å². The normalized spacial score (nSPS) is 17.9. The maximum atomic E-state index is 13.5. The summed E-state index contributed by atoms with van der Waals surface area (Å²) in [5.41, 5.74) is 3.59. The monoisotopic (exact) mass is 505 g/mol. The molecule has 1 atom stereocenters. The van der Waals surface area contributed by atoms with Crippen LogP contribution in [0.25, 0.3) is 0 Å². The van der Waals surface area contributed by atoms with E-state index in [9.17, 15) is 13.2 Å². The van der Waals surface area contributed by atoms with Crippen LogP contribution in [0.5, 0.6) is 5.75 Å². The standard InChI is InChI=1S/C28H31N3O4S/c1-21-9-14-25-26(17-21)35-27(20-31(25)36(33,34)24-7-3-2-4-8-24)28(32)29-18-22-10-12-23(13-11-22)19-30-15-5-6-16-30/h2-4,7-14,17,27H,5-6,15-16,18-20H2,1H3,(H,29,32)/t27-/m1/s1. The molecule has 3 aromatic rings. The van der Waals surface area contributed by atoms with Gasteiger partial charge in [0.25, 0.3) is 15.9 Å². The summed E-state index contributed by atoms with van der Waals surface area (Å²) in [6, 6.07) is 21.8. The Hall–Kier alpha value is -3.36. The Morgan fingerprint density at radius 2 is 1.67 bits per heavy atom. The highest BCUT2D eigenvalue weighted by molar-refractivity contribution is 7.92. The molecular weight excluding hydrogens is 474 g/mol. The molecule has 188 valence electrons. The Morgan fingerprint density at radius 1 is 0.972 bits per heavy atom. The first kappa shape index (κ1) is 24.3. The smallest absolute Gasteiger partial charge is 0.264 e. The summed E-state index contributed by atoms with van der Waals surface area (Å²) in [5, 5.41) is 2.92. The quantitative estimate of drug-likeness (QED) is 0.528. The average Bonchev–Trinajstić information content (AvgIpc) is 3.41. The number of amides is 1. The maximum Gasteiger partial charge on any atom is 0.264 e. The zero-order valence-electron chi connectivity index (χ0n) is 20.4. The van der Waals surface area contributed by atoms with E-state index in [4.69, 9.17) is 4.74 Å². The number of nitrogens with zero attached hydrogens (tertiary/aromatic N) is 2. The second-order valence-corrected chi connectivity index (χ2v) is 11.3. The molecule has 0 aliphatic carbocycles. The van der Waals surface area contributed by atoms with E-state index < -0.39 is 16.1 Å². The molecule has 3 aromatic carbocycles. The topological polar surface area (TPSA) is 79.0 Å². The van der Waals surface area contributed by atoms with Crippen molar-refractivity contribution in [2.45, 2.75) is 43.9 Å². The van der Waals surface area contributed by atoms with Gasteiger partial charge in [0.2, 0.25) is 0 Å². The fourth-order valence-corrected chi connectivity index (χ4v) is 6.21. The number of anilines is 1. The van der Waals surface area contributed by atoms with Crippen LogP contribution in [-0.2, 0) is 27.9 Å². The molecule has 0 radical (unpaired) electrons. The van der Waals surface area contributed by atoms with Gasteiger partial charge in [0.05, 0.1) is 17.1 Å². The summed E-state index contributed by atoms with van der Waals surface area (Å²) in [6.07, 6.45) is 1.57. The van der Waals surface area contributed by atoms with Crippen molar-refractivity contribution < 1.29 is 17.9 Å². The van der Waals surface area contributed by atoms with Crippen LogP contribution in [0.3, 0.4) is 0 Å². The second kappa shape index (κ2) is 10.3. The van der Waals surface area contributed by atoms with Crippen molar-refractivity contribution in [1.29, 1.82) is 0 Å². The molecule has 2 heterocycles. The zero-order valence-corrected chi connectivity index (χ0v) is 21.2. The van der Waals surface area contributed by atoms with Crippen LogP contribution in [0.4, 0.5) is 5.69 Å². The highest BCUT2D eigenvalue weighted by Crippen LogP contribution is 2.37. The molecule has 2 aliphatic rings. The molecule has 8 heteroatoms. The van der Waals surface area contributed by atoms with E-state index in [1.54, 1.807) is 42.5 Å². The minimum Gasteiger partial charge on any atom is -0.476 e. The minimum atomic E-state index is -3.87. The minimum absolute atomic E-state index is 0.103. The summed E-state index contributed by atoms with van der Waals surface area (Å²) >= 11 is 0. The Morgan fingerprint density at radius 3 is 2.39 bits per heavy atom. The van der Waals surface area contributed by atoms with Crippen LogP contribution in [0, 0.1) is 6.92 Å². The lowest BCUT2D eigenvalue weighted by molar-refractivity contribution is -0.127. The molecule has 2 aliphatic heterocycles. The number of aryl methyl sites for hydroxylation is 1. The van der Waals surface area contributed by atoms with E-state index in [-0.39, 0.29) is 17.3 Å². The summed E-state index contributed by atoms with van der Waals surface area (Å²) < 4.78 is 34.2. The number of carbonyl (C=O) groups is 1. The van der Waals surface area contributed by atoms with E-state index in [0.717, 1.165) is 30.8 Å². The first-order valence-electron chi connectivity index (χ1n) is 12.3. The number of benzene rings is 3. The third-order valence-electron chi connectivity index (χ3n) is 6.70. The van der Waals surface area contributed by atoms with Crippen molar-refractivity contribution in [2.24, 2.45) is 0 Å². The van der Waals surface area contributed by atoms with Gasteiger partial charge >= 0.3 is 0 Å². The van der Waals surface area contributed by atoms with Crippen LogP contribution in [0.15, 0.2) is 77.7 Å². The van der Waals surface area contributed by atoms with Crippen molar-refractivity contribution in [3.63, 3.8) is 0 Å². The van der Waals surface area contributed by atoms with E-state index in [1.807, 2.05) is 25.1 Å². The molecule has 1 N–H and O–H groups in total. The van der Waals surface area contributed by atoms with Gasteiger partial charge in [0, 0.05) is 13.1 Å². The third kappa shape index (κ3) is 5.24. The van der Waals surface area contributed by atoms with Gasteiger partial charge in [-0.15, -0.1) is 0 Å². The largest absolute Gasteiger partial charge is 0.476 e. The first-order valence-corrected chi connectivity index (χ1v) is 13.8. The Bertz CT molecular complexity index is 1320. The Kier molecular flexibility index (Phi) is 6.98. The van der Waals surface area contributed by atoms with Gasteiger partial charge in [0.1, 0.15) is 5.75 Å². The van der Waals surface area contributed by atoms with Crippen LogP contribution < -0.4 is 14.4 Å². The molecule has 0 aromatic heterocycles. The van der Waals surface area contributed by atoms with Crippen molar-refractivity contribution in [2.75, 3.05) is 23.9 Å². The molecule has 0 saturated carbocycles. The molecule has 0 bridgehead atoms. The van der Waals surface area contributed by atoms with Gasteiger partial charge in [-0.3, -0.25) is 14.0 Å². The lowest BCUT2D eigenvalue weighted by Gasteiger charge is -2.35. The molecule has 36 heavy (non-hydrogen) atoms. The number of nitrogens with one attached hydrogen (secondary N) is 1. The Balaban J connectivity index is 1.29. The number of hydrogen-bond acceptors (Lipinski definition) is 5. The molecule has 7 nitrogen and oxygen atoms in total. The molecule has 1 amide bonds. The maximum absolute atomic E-state index is 13.5. The van der Waals surface area contributed by atoms with E-state index in [1.165, 1.54) is 22.7 Å². The van der Waals surface area contributed by atoms with Crippen LogP contribution in [0.1, 0.15) is 29.5 Å². The highest BCUT2D eigenvalue weighted by Gasteiger charge is 2.37. The lowest BCUT2D eigenvalue weighted by atomic mass is 10.1. The van der Waals surface area contributed by atoms with Crippen molar-refractivity contribution >= 4 is 21.6 Å². The lowest BCUT2D eigenvalue weighted by Crippen LogP contribution is -2.50. The SMILES string of the molecule is Cc1ccc2c(c1)O[C@@H](C(=O)NCc1ccc(CN3CCCC3)cc1)CN2S(=O)(=O)c1ccccc1. The molecular formula is C28H31N3O4S. The van der Waals surface area contributed by atoms with Crippen molar-refractivity contribution in [3.8, 4) is 5.75 Å². The highest BCUT2D eigenvalue weighted by atomic mass is 32.2. The van der Waals surface area contributed by atoms with Gasteiger partial charge in [-0.25, -0.2) is 8.42 Å². The van der Waals surface area contributed by atoms with Crippen LogP contribution >= 0.6 is 0 Å². The number of likely N-dealkylation sites (tertiary alicyclic amines) is 1. The van der Waals surface area contributed by atoms with E-state index in [0.29, 0.717) is 18.0 Å². The Labute approximate surface area is 212 Å². The van der Waals surface area contributed by atoms with Gasteiger partial charge < -0.3 is 10.1 Å². The van der Waals surface area contributed by atoms with E-state index in [2.05, 4.69) is 22.3 Å². The van der Waals surface area contributed by atoms with Gasteiger partial charge in [-0.1, -0.05) is 48.5 Å². The van der Waals surface area contributed by atoms with E-state index >= 15 is 0 Å². The van der Waals surface area contributed by atoms with Gasteiger partial charge in [-0.2, -0.15) is 0 Å². The predicted octanol–water partition coefficient (Wildman–Crippen LogP) is 3.86. The van der Waals surface area contributed by atoms with Crippen LogP contribution in [-0.4, -0.2) is 45.0 Å². The average molecular weight is 506 g/mol. The number of carbonyl (C=O) groups excluding carboxylic acids is 1. The summed E-state index contributed by atoms with van der Waals surface area (Å²) in [4.78, 5) is 15.7. The zero-order chi connectivity index (χ0) is 25.1. The fraction of sp³-hybridized carbons (Fsp3) is 0.321. The number of rotatable bonds is 7. The van der Waals surface area contributed by atoms with Gasteiger partial charge in [-0.05, 0) is 73.8 Å². The third-order valence-corrected chi connectivity index (χ3v) is 8.50. The number of hydrogen-bond donors (Lipinski definition) is 1. The summed E-state index contributed by atoms with van der Waals surface area (Å²) in [5.74, 6) is 0.0312. The van der Waals surface area contributed by atoms with Crippen molar-refractivity contribution in [3.05, 3.63) is 89.5 Å². The number of sulfonamides is 1. The van der Waals surface area contributed by atoms with Gasteiger partial charge in [0.15, 0.2) is 6.10 Å². The first-order chi connectivity index (χ1) is 17.4. The second-order valence-electron chi connectivity index (χ2n) is 9.44. The number of ether oxygens (including phenoxy) is 1. The summed E-state index contributed by atoms with van der Waals surface area (Å²) in [7, 11) is -3.87. The fourth-order valence-electron chi connectivity index (χ4n) is 4.71.